The van der Waals surface area contributed by atoms with Gasteiger partial charge in [-0.25, -0.2) is 0 Å². The van der Waals surface area contributed by atoms with Crippen LogP contribution < -0.4 is 9.47 Å². The quantitative estimate of drug-likeness (QED) is 0.815. The third-order valence-corrected chi connectivity index (χ3v) is 3.13. The van der Waals surface area contributed by atoms with Gasteiger partial charge in [0.25, 0.3) is 0 Å². The second kappa shape index (κ2) is 4.22. The Kier molecular flexibility index (Phi) is 3.04. The molecule has 0 bridgehead atoms. The standard InChI is InChI=1S/C14H20O3/c1-14(2,3)11-8-9(16-4)7-10-12(15)5-6-17-13(10)11/h7-8,12,15H,5-6H2,1-4H3/t12-/m0/s1. The van der Waals surface area contributed by atoms with E-state index in [0.717, 1.165) is 22.6 Å². The molecule has 3 nitrogen and oxygen atoms in total. The van der Waals surface area contributed by atoms with Gasteiger partial charge in [0.15, 0.2) is 0 Å². The van der Waals surface area contributed by atoms with Gasteiger partial charge in [0, 0.05) is 17.5 Å². The van der Waals surface area contributed by atoms with Crippen molar-refractivity contribution in [1.82, 2.24) is 0 Å². The van der Waals surface area contributed by atoms with Crippen LogP contribution in [0.3, 0.4) is 0 Å². The second-order valence-electron chi connectivity index (χ2n) is 5.50. The van der Waals surface area contributed by atoms with E-state index in [0.29, 0.717) is 13.0 Å². The van der Waals surface area contributed by atoms with Gasteiger partial charge in [-0.3, -0.25) is 0 Å². The number of hydrogen-bond donors (Lipinski definition) is 1. The lowest BCUT2D eigenvalue weighted by Gasteiger charge is -2.30. The van der Waals surface area contributed by atoms with E-state index in [-0.39, 0.29) is 5.41 Å². The summed E-state index contributed by atoms with van der Waals surface area (Å²) in [6.45, 7) is 6.97. The van der Waals surface area contributed by atoms with Crippen molar-refractivity contribution in [1.29, 1.82) is 0 Å². The summed E-state index contributed by atoms with van der Waals surface area (Å²) in [6.07, 6.45) is 0.193. The van der Waals surface area contributed by atoms with E-state index in [1.54, 1.807) is 7.11 Å². The molecule has 0 aromatic heterocycles. The molecule has 0 fully saturated rings. The van der Waals surface area contributed by atoms with Crippen LogP contribution in [0, 0.1) is 0 Å². The molecule has 94 valence electrons. The second-order valence-corrected chi connectivity index (χ2v) is 5.50. The van der Waals surface area contributed by atoms with Crippen molar-refractivity contribution in [2.24, 2.45) is 0 Å². The fourth-order valence-electron chi connectivity index (χ4n) is 2.14. The van der Waals surface area contributed by atoms with Gasteiger partial charge in [-0.1, -0.05) is 20.8 Å². The highest BCUT2D eigenvalue weighted by atomic mass is 16.5. The molecule has 0 aliphatic carbocycles. The fourth-order valence-corrected chi connectivity index (χ4v) is 2.14. The fraction of sp³-hybridized carbons (Fsp3) is 0.571. The molecule has 0 unspecified atom stereocenters. The van der Waals surface area contributed by atoms with Crippen molar-refractivity contribution in [3.05, 3.63) is 23.3 Å². The molecule has 17 heavy (non-hydrogen) atoms. The van der Waals surface area contributed by atoms with E-state index < -0.39 is 6.10 Å². The lowest BCUT2D eigenvalue weighted by atomic mass is 9.83. The molecule has 0 saturated carbocycles. The van der Waals surface area contributed by atoms with Crippen molar-refractivity contribution in [2.75, 3.05) is 13.7 Å². The first-order valence-corrected chi connectivity index (χ1v) is 5.96. The number of aliphatic hydroxyl groups is 1. The molecule has 0 radical (unpaired) electrons. The topological polar surface area (TPSA) is 38.7 Å². The number of rotatable bonds is 1. The Bertz CT molecular complexity index is 418. The zero-order valence-corrected chi connectivity index (χ0v) is 10.9. The first-order chi connectivity index (χ1) is 7.93. The molecule has 1 aromatic rings. The van der Waals surface area contributed by atoms with Crippen LogP contribution in [-0.2, 0) is 5.41 Å². The SMILES string of the molecule is COc1cc2c(c(C(C)(C)C)c1)OCC[C@@H]2O. The third-order valence-electron chi connectivity index (χ3n) is 3.13. The van der Waals surface area contributed by atoms with Crippen LogP contribution in [0.5, 0.6) is 11.5 Å². The van der Waals surface area contributed by atoms with Crippen LogP contribution >= 0.6 is 0 Å². The van der Waals surface area contributed by atoms with E-state index in [9.17, 15) is 5.11 Å². The summed E-state index contributed by atoms with van der Waals surface area (Å²) in [5.41, 5.74) is 1.90. The van der Waals surface area contributed by atoms with E-state index in [2.05, 4.69) is 20.8 Å². The Labute approximate surface area is 102 Å². The van der Waals surface area contributed by atoms with Gasteiger partial charge in [-0.2, -0.15) is 0 Å². The molecule has 0 spiro atoms. The highest BCUT2D eigenvalue weighted by Gasteiger charge is 2.28. The van der Waals surface area contributed by atoms with Crippen molar-refractivity contribution < 1.29 is 14.6 Å². The minimum absolute atomic E-state index is 0.0321. The largest absolute Gasteiger partial charge is 0.497 e. The molecule has 1 aliphatic rings. The van der Waals surface area contributed by atoms with E-state index in [1.165, 1.54) is 0 Å². The zero-order valence-electron chi connectivity index (χ0n) is 10.9. The number of aliphatic hydroxyl groups excluding tert-OH is 1. The summed E-state index contributed by atoms with van der Waals surface area (Å²) >= 11 is 0. The Balaban J connectivity index is 2.62. The summed E-state index contributed by atoms with van der Waals surface area (Å²) in [7, 11) is 1.64. The normalized spacial score (nSPS) is 19.5. The summed E-state index contributed by atoms with van der Waals surface area (Å²) in [5.74, 6) is 1.61. The maximum atomic E-state index is 10.0. The van der Waals surface area contributed by atoms with E-state index in [1.807, 2.05) is 12.1 Å². The van der Waals surface area contributed by atoms with Crippen molar-refractivity contribution in [3.63, 3.8) is 0 Å². The van der Waals surface area contributed by atoms with Crippen LogP contribution in [0.1, 0.15) is 44.4 Å². The van der Waals surface area contributed by atoms with E-state index >= 15 is 0 Å². The molecule has 2 rings (SSSR count). The maximum Gasteiger partial charge on any atom is 0.129 e. The summed E-state index contributed by atoms with van der Waals surface area (Å²) < 4.78 is 11.0. The zero-order chi connectivity index (χ0) is 12.6. The molecule has 1 aromatic carbocycles. The molecule has 1 aliphatic heterocycles. The van der Waals surface area contributed by atoms with Gasteiger partial charge in [-0.15, -0.1) is 0 Å². The summed E-state index contributed by atoms with van der Waals surface area (Å²) in [6, 6.07) is 3.87. The number of methoxy groups -OCH3 is 1. The Morgan fingerprint density at radius 3 is 2.65 bits per heavy atom. The minimum atomic E-state index is -0.449. The minimum Gasteiger partial charge on any atom is -0.497 e. The van der Waals surface area contributed by atoms with Crippen LogP contribution in [-0.4, -0.2) is 18.8 Å². The molecule has 0 saturated heterocycles. The number of hydrogen-bond acceptors (Lipinski definition) is 3. The van der Waals surface area contributed by atoms with Crippen molar-refractivity contribution >= 4 is 0 Å². The molecule has 0 amide bonds. The van der Waals surface area contributed by atoms with Gasteiger partial charge in [-0.05, 0) is 17.5 Å². The average molecular weight is 236 g/mol. The molecular weight excluding hydrogens is 216 g/mol. The molecule has 3 heteroatoms. The first-order valence-electron chi connectivity index (χ1n) is 5.96. The van der Waals surface area contributed by atoms with Crippen LogP contribution in [0.2, 0.25) is 0 Å². The Morgan fingerprint density at radius 1 is 1.35 bits per heavy atom. The van der Waals surface area contributed by atoms with Crippen LogP contribution in [0.25, 0.3) is 0 Å². The highest BCUT2D eigenvalue weighted by molar-refractivity contribution is 5.51. The predicted molar refractivity (Wildman–Crippen MR) is 66.8 cm³/mol. The van der Waals surface area contributed by atoms with Gasteiger partial charge in [0.2, 0.25) is 0 Å². The molecule has 1 N–H and O–H groups in total. The number of fused-ring (bicyclic) bond motifs is 1. The maximum absolute atomic E-state index is 10.0. The van der Waals surface area contributed by atoms with Crippen LogP contribution in [0.15, 0.2) is 12.1 Å². The molecule has 1 atom stereocenters. The Hall–Kier alpha value is -1.22. The highest BCUT2D eigenvalue weighted by Crippen LogP contribution is 2.42. The predicted octanol–water partition coefficient (Wildman–Crippen LogP) is 2.81. The number of ether oxygens (including phenoxy) is 2. The van der Waals surface area contributed by atoms with E-state index in [4.69, 9.17) is 9.47 Å². The van der Waals surface area contributed by atoms with Gasteiger partial charge in [0.05, 0.1) is 19.8 Å². The molecule has 1 heterocycles. The first kappa shape index (κ1) is 12.2. The lowest BCUT2D eigenvalue weighted by Crippen LogP contribution is -2.20. The lowest BCUT2D eigenvalue weighted by molar-refractivity contribution is 0.113. The molecular formula is C14H20O3. The monoisotopic (exact) mass is 236 g/mol. The summed E-state index contributed by atoms with van der Waals surface area (Å²) in [5, 5.41) is 10.0. The average Bonchev–Trinajstić information content (AvgIpc) is 2.27. The smallest absolute Gasteiger partial charge is 0.129 e. The van der Waals surface area contributed by atoms with Crippen LogP contribution in [0.4, 0.5) is 0 Å². The summed E-state index contributed by atoms with van der Waals surface area (Å²) in [4.78, 5) is 0. The van der Waals surface area contributed by atoms with Crippen molar-refractivity contribution in [3.8, 4) is 11.5 Å². The van der Waals surface area contributed by atoms with Gasteiger partial charge >= 0.3 is 0 Å². The van der Waals surface area contributed by atoms with Gasteiger partial charge < -0.3 is 14.6 Å². The van der Waals surface area contributed by atoms with Crippen molar-refractivity contribution in [2.45, 2.75) is 38.7 Å². The third kappa shape index (κ3) is 2.25. The Morgan fingerprint density at radius 2 is 2.06 bits per heavy atom. The van der Waals surface area contributed by atoms with Gasteiger partial charge in [0.1, 0.15) is 11.5 Å². The number of benzene rings is 1.